The number of anilines is 1. The highest BCUT2D eigenvalue weighted by molar-refractivity contribution is 7.99. The maximum atomic E-state index is 11.2. The van der Waals surface area contributed by atoms with Gasteiger partial charge in [0.15, 0.2) is 5.03 Å². The SMILES string of the molecule is CCCNc1nc(C)c([N+](=O)[O-])c(Sc2nnnn2C)n1. The summed E-state index contributed by atoms with van der Waals surface area (Å²) in [6.07, 6.45) is 0.898. The summed E-state index contributed by atoms with van der Waals surface area (Å²) in [5.41, 5.74) is 0.163. The molecule has 11 heteroatoms. The van der Waals surface area contributed by atoms with Crippen LogP contribution in [-0.4, -0.2) is 41.6 Å². The van der Waals surface area contributed by atoms with Crippen molar-refractivity contribution >= 4 is 23.4 Å². The Balaban J connectivity index is 2.42. The summed E-state index contributed by atoms with van der Waals surface area (Å²) in [4.78, 5) is 19.0. The van der Waals surface area contributed by atoms with Crippen LogP contribution in [0.4, 0.5) is 11.6 Å². The van der Waals surface area contributed by atoms with Crippen molar-refractivity contribution in [2.45, 2.75) is 30.5 Å². The lowest BCUT2D eigenvalue weighted by molar-refractivity contribution is -0.389. The quantitative estimate of drug-likeness (QED) is 0.475. The van der Waals surface area contributed by atoms with Gasteiger partial charge in [-0.1, -0.05) is 6.92 Å². The van der Waals surface area contributed by atoms with Gasteiger partial charge < -0.3 is 5.32 Å². The summed E-state index contributed by atoms with van der Waals surface area (Å²) in [5.74, 6) is 0.359. The molecule has 0 spiro atoms. The fraction of sp³-hybridized carbons (Fsp3) is 0.500. The molecule has 1 N–H and O–H groups in total. The van der Waals surface area contributed by atoms with Crippen molar-refractivity contribution < 1.29 is 4.92 Å². The smallest absolute Gasteiger partial charge is 0.322 e. The number of nitro groups is 1. The minimum atomic E-state index is -0.495. The molecule has 10 nitrogen and oxygen atoms in total. The van der Waals surface area contributed by atoms with E-state index in [0.717, 1.165) is 18.2 Å². The first-order chi connectivity index (χ1) is 10.0. The Bertz CT molecular complexity index is 659. The van der Waals surface area contributed by atoms with E-state index in [-0.39, 0.29) is 10.7 Å². The van der Waals surface area contributed by atoms with Crippen molar-refractivity contribution in [1.29, 1.82) is 0 Å². The molecular weight excluding hydrogens is 296 g/mol. The summed E-state index contributed by atoms with van der Waals surface area (Å²) in [6.45, 7) is 4.27. The van der Waals surface area contributed by atoms with E-state index in [1.807, 2.05) is 6.92 Å². The van der Waals surface area contributed by atoms with Crippen molar-refractivity contribution in [2.24, 2.45) is 7.05 Å². The summed E-state index contributed by atoms with van der Waals surface area (Å²) < 4.78 is 1.42. The second-order valence-electron chi connectivity index (χ2n) is 4.16. The molecule has 0 amide bonds. The number of aromatic nitrogens is 6. The first-order valence-corrected chi connectivity index (χ1v) is 7.01. The van der Waals surface area contributed by atoms with E-state index < -0.39 is 4.92 Å². The summed E-state index contributed by atoms with van der Waals surface area (Å²) in [7, 11) is 1.65. The average Bonchev–Trinajstić information content (AvgIpc) is 2.81. The Labute approximate surface area is 124 Å². The van der Waals surface area contributed by atoms with Crippen molar-refractivity contribution in [3.63, 3.8) is 0 Å². The zero-order valence-electron chi connectivity index (χ0n) is 11.8. The number of nitrogens with one attached hydrogen (secondary N) is 1. The van der Waals surface area contributed by atoms with Crippen LogP contribution in [0.3, 0.4) is 0 Å². The Morgan fingerprint density at radius 3 is 2.76 bits per heavy atom. The molecule has 2 aromatic heterocycles. The molecule has 0 aliphatic rings. The zero-order valence-corrected chi connectivity index (χ0v) is 12.6. The van der Waals surface area contributed by atoms with Gasteiger partial charge in [0.2, 0.25) is 11.1 Å². The summed E-state index contributed by atoms with van der Waals surface area (Å²) in [5, 5.41) is 25.8. The second kappa shape index (κ2) is 6.43. The molecule has 112 valence electrons. The van der Waals surface area contributed by atoms with E-state index >= 15 is 0 Å². The van der Waals surface area contributed by atoms with E-state index in [2.05, 4.69) is 30.8 Å². The molecule has 0 bridgehead atoms. The molecule has 0 aromatic carbocycles. The van der Waals surface area contributed by atoms with Gasteiger partial charge >= 0.3 is 5.69 Å². The van der Waals surface area contributed by atoms with Gasteiger partial charge in [-0.2, -0.15) is 4.98 Å². The van der Waals surface area contributed by atoms with Crippen molar-refractivity contribution in [1.82, 2.24) is 30.2 Å². The molecule has 0 atom stereocenters. The average molecular weight is 310 g/mol. The molecule has 2 rings (SSSR count). The van der Waals surface area contributed by atoms with E-state index in [4.69, 9.17) is 0 Å². The van der Waals surface area contributed by atoms with Crippen molar-refractivity contribution in [3.8, 4) is 0 Å². The molecular formula is C10H14N8O2S. The van der Waals surface area contributed by atoms with E-state index in [9.17, 15) is 10.1 Å². The lowest BCUT2D eigenvalue weighted by Crippen LogP contribution is -2.08. The van der Waals surface area contributed by atoms with Crippen LogP contribution in [0.25, 0.3) is 0 Å². The highest BCUT2D eigenvalue weighted by Gasteiger charge is 2.24. The van der Waals surface area contributed by atoms with Crippen molar-refractivity contribution in [3.05, 3.63) is 15.8 Å². The first kappa shape index (κ1) is 15.1. The van der Waals surface area contributed by atoms with Crippen LogP contribution in [0.15, 0.2) is 10.2 Å². The Morgan fingerprint density at radius 1 is 1.43 bits per heavy atom. The molecule has 0 saturated carbocycles. The lowest BCUT2D eigenvalue weighted by atomic mass is 10.4. The molecule has 21 heavy (non-hydrogen) atoms. The van der Waals surface area contributed by atoms with Crippen LogP contribution in [0.5, 0.6) is 0 Å². The number of tetrazole rings is 1. The highest BCUT2D eigenvalue weighted by Crippen LogP contribution is 2.33. The third-order valence-electron chi connectivity index (χ3n) is 2.51. The monoisotopic (exact) mass is 310 g/mol. The van der Waals surface area contributed by atoms with Crippen LogP contribution in [0, 0.1) is 17.0 Å². The maximum absolute atomic E-state index is 11.2. The first-order valence-electron chi connectivity index (χ1n) is 6.20. The van der Waals surface area contributed by atoms with E-state index in [0.29, 0.717) is 23.3 Å². The second-order valence-corrected chi connectivity index (χ2v) is 5.11. The van der Waals surface area contributed by atoms with Gasteiger partial charge in [-0.25, -0.2) is 9.67 Å². The minimum Gasteiger partial charge on any atom is -0.354 e. The van der Waals surface area contributed by atoms with Gasteiger partial charge in [-0.3, -0.25) is 10.1 Å². The predicted molar refractivity (Wildman–Crippen MR) is 75.1 cm³/mol. The van der Waals surface area contributed by atoms with Crippen LogP contribution in [0.1, 0.15) is 19.0 Å². The number of hydrogen-bond acceptors (Lipinski definition) is 9. The molecule has 0 radical (unpaired) electrons. The molecule has 0 saturated heterocycles. The lowest BCUT2D eigenvalue weighted by Gasteiger charge is -2.07. The summed E-state index contributed by atoms with van der Waals surface area (Å²) >= 11 is 1.03. The van der Waals surface area contributed by atoms with Gasteiger partial charge in [0.25, 0.3) is 0 Å². The van der Waals surface area contributed by atoms with Crippen LogP contribution in [0.2, 0.25) is 0 Å². The zero-order chi connectivity index (χ0) is 15.4. The molecule has 0 aliphatic heterocycles. The van der Waals surface area contributed by atoms with Gasteiger partial charge in [0, 0.05) is 13.6 Å². The Hall–Kier alpha value is -2.30. The van der Waals surface area contributed by atoms with E-state index in [1.54, 1.807) is 14.0 Å². The number of hydrogen-bond donors (Lipinski definition) is 1. The molecule has 0 fully saturated rings. The van der Waals surface area contributed by atoms with E-state index in [1.165, 1.54) is 4.68 Å². The Kier molecular flexibility index (Phi) is 4.62. The minimum absolute atomic E-state index is 0.134. The van der Waals surface area contributed by atoms with Gasteiger partial charge in [-0.15, -0.1) is 5.10 Å². The number of nitrogens with zero attached hydrogens (tertiary/aromatic N) is 7. The molecule has 2 aromatic rings. The van der Waals surface area contributed by atoms with Gasteiger partial charge in [0.05, 0.1) is 4.92 Å². The fourth-order valence-corrected chi connectivity index (χ4v) is 2.40. The van der Waals surface area contributed by atoms with Crippen LogP contribution >= 0.6 is 11.8 Å². The fourth-order valence-electron chi connectivity index (χ4n) is 1.53. The van der Waals surface area contributed by atoms with Gasteiger partial charge in [0.1, 0.15) is 5.69 Å². The Morgan fingerprint density at radius 2 is 2.19 bits per heavy atom. The largest absolute Gasteiger partial charge is 0.354 e. The number of aryl methyl sites for hydroxylation is 2. The van der Waals surface area contributed by atoms with Crippen LogP contribution < -0.4 is 5.32 Å². The van der Waals surface area contributed by atoms with Crippen molar-refractivity contribution in [2.75, 3.05) is 11.9 Å². The number of rotatable bonds is 6. The van der Waals surface area contributed by atoms with Crippen LogP contribution in [-0.2, 0) is 7.05 Å². The normalized spacial score (nSPS) is 10.6. The topological polar surface area (TPSA) is 125 Å². The predicted octanol–water partition coefficient (Wildman–Crippen LogP) is 1.19. The third kappa shape index (κ3) is 3.42. The molecule has 2 heterocycles. The molecule has 0 unspecified atom stereocenters. The van der Waals surface area contributed by atoms with Gasteiger partial charge in [-0.05, 0) is 35.5 Å². The third-order valence-corrected chi connectivity index (χ3v) is 3.52. The standard InChI is InChI=1S/C10H14N8O2S/c1-4-5-11-9-12-6(2)7(18(19)20)8(13-9)21-10-14-15-16-17(10)3/h4-5H2,1-3H3,(H,11,12,13). The molecule has 0 aliphatic carbocycles. The maximum Gasteiger partial charge on any atom is 0.322 e. The summed E-state index contributed by atoms with van der Waals surface area (Å²) in [6, 6.07) is 0. The highest BCUT2D eigenvalue weighted by atomic mass is 32.2.